The Morgan fingerprint density at radius 1 is 1.00 bits per heavy atom. The molecule has 7 heteroatoms. The standard InChI is InChI=1S/C12H6Cl3NO3/c13-7-1-3-10(15)12(5-7)19-8-2-4-9(14)11(6-8)16(17)18/h1-6H. The third kappa shape index (κ3) is 3.29. The number of nitro groups is 1. The lowest BCUT2D eigenvalue weighted by atomic mass is 10.3. The summed E-state index contributed by atoms with van der Waals surface area (Å²) in [5.41, 5.74) is -0.239. The SMILES string of the molecule is O=[N+]([O-])c1cc(Oc2cc(Cl)ccc2Cl)ccc1Cl. The third-order valence-electron chi connectivity index (χ3n) is 2.24. The molecule has 0 saturated heterocycles. The highest BCUT2D eigenvalue weighted by Crippen LogP contribution is 2.35. The molecule has 19 heavy (non-hydrogen) atoms. The molecule has 0 radical (unpaired) electrons. The average molecular weight is 319 g/mol. The van der Waals surface area contributed by atoms with Gasteiger partial charge in [0, 0.05) is 11.1 Å². The zero-order valence-electron chi connectivity index (χ0n) is 9.27. The van der Waals surface area contributed by atoms with E-state index in [9.17, 15) is 10.1 Å². The van der Waals surface area contributed by atoms with E-state index in [1.807, 2.05) is 0 Å². The zero-order valence-corrected chi connectivity index (χ0v) is 11.5. The van der Waals surface area contributed by atoms with Crippen molar-refractivity contribution in [1.29, 1.82) is 0 Å². The van der Waals surface area contributed by atoms with Gasteiger partial charge in [-0.05, 0) is 24.3 Å². The first-order valence-electron chi connectivity index (χ1n) is 5.04. The Bertz CT molecular complexity index is 646. The van der Waals surface area contributed by atoms with Gasteiger partial charge in [0.15, 0.2) is 0 Å². The Morgan fingerprint density at radius 3 is 2.37 bits per heavy atom. The van der Waals surface area contributed by atoms with Gasteiger partial charge < -0.3 is 4.74 Å². The van der Waals surface area contributed by atoms with Gasteiger partial charge in [-0.2, -0.15) is 0 Å². The molecule has 0 amide bonds. The highest BCUT2D eigenvalue weighted by atomic mass is 35.5. The minimum atomic E-state index is -0.589. The Kier molecular flexibility index (Phi) is 4.14. The van der Waals surface area contributed by atoms with E-state index in [4.69, 9.17) is 39.5 Å². The number of hydrogen-bond donors (Lipinski definition) is 0. The first-order valence-corrected chi connectivity index (χ1v) is 6.17. The molecule has 2 aromatic rings. The maximum absolute atomic E-state index is 10.8. The van der Waals surface area contributed by atoms with E-state index in [-0.39, 0.29) is 16.5 Å². The van der Waals surface area contributed by atoms with Crippen molar-refractivity contribution in [3.8, 4) is 11.5 Å². The zero-order chi connectivity index (χ0) is 14.0. The van der Waals surface area contributed by atoms with Crippen molar-refractivity contribution < 1.29 is 9.66 Å². The van der Waals surface area contributed by atoms with Crippen LogP contribution in [0.25, 0.3) is 0 Å². The van der Waals surface area contributed by atoms with Crippen LogP contribution in [0.4, 0.5) is 5.69 Å². The van der Waals surface area contributed by atoms with Gasteiger partial charge in [0.1, 0.15) is 16.5 Å². The fourth-order valence-electron chi connectivity index (χ4n) is 1.38. The summed E-state index contributed by atoms with van der Waals surface area (Å²) in [6.45, 7) is 0. The second-order valence-corrected chi connectivity index (χ2v) is 4.80. The Labute approximate surface area is 123 Å². The number of nitro benzene ring substituents is 1. The molecule has 0 saturated carbocycles. The summed E-state index contributed by atoms with van der Waals surface area (Å²) in [4.78, 5) is 10.2. The van der Waals surface area contributed by atoms with Crippen molar-refractivity contribution in [1.82, 2.24) is 0 Å². The summed E-state index contributed by atoms with van der Waals surface area (Å²) in [5, 5.41) is 11.6. The van der Waals surface area contributed by atoms with Crippen molar-refractivity contribution in [2.75, 3.05) is 0 Å². The molecule has 98 valence electrons. The lowest BCUT2D eigenvalue weighted by molar-refractivity contribution is -0.384. The van der Waals surface area contributed by atoms with Gasteiger partial charge in [0.05, 0.1) is 16.0 Å². The molecule has 0 bridgehead atoms. The molecule has 0 aliphatic rings. The largest absolute Gasteiger partial charge is 0.455 e. The summed E-state index contributed by atoms with van der Waals surface area (Å²) >= 11 is 17.5. The van der Waals surface area contributed by atoms with Crippen LogP contribution in [0.1, 0.15) is 0 Å². The third-order valence-corrected chi connectivity index (χ3v) is 3.10. The quantitative estimate of drug-likeness (QED) is 0.566. The fraction of sp³-hybridized carbons (Fsp3) is 0. The van der Waals surface area contributed by atoms with Crippen molar-refractivity contribution in [2.24, 2.45) is 0 Å². The van der Waals surface area contributed by atoms with Gasteiger partial charge in [-0.3, -0.25) is 10.1 Å². The lowest BCUT2D eigenvalue weighted by Crippen LogP contribution is -1.91. The van der Waals surface area contributed by atoms with E-state index in [0.717, 1.165) is 0 Å². The molecule has 0 aliphatic heterocycles. The minimum Gasteiger partial charge on any atom is -0.455 e. The van der Waals surface area contributed by atoms with Crippen LogP contribution in [0.5, 0.6) is 11.5 Å². The van der Waals surface area contributed by atoms with Crippen LogP contribution in [0.15, 0.2) is 36.4 Å². The number of hydrogen-bond acceptors (Lipinski definition) is 3. The van der Waals surface area contributed by atoms with E-state index in [2.05, 4.69) is 0 Å². The van der Waals surface area contributed by atoms with Crippen LogP contribution in [-0.4, -0.2) is 4.92 Å². The van der Waals surface area contributed by atoms with Gasteiger partial charge in [0.2, 0.25) is 0 Å². The van der Waals surface area contributed by atoms with Crippen LogP contribution in [0.2, 0.25) is 15.1 Å². The van der Waals surface area contributed by atoms with Crippen LogP contribution in [-0.2, 0) is 0 Å². The first-order chi connectivity index (χ1) is 8.97. The van der Waals surface area contributed by atoms with Gasteiger partial charge in [0.25, 0.3) is 5.69 Å². The molecule has 2 aromatic carbocycles. The lowest BCUT2D eigenvalue weighted by Gasteiger charge is -2.08. The van der Waals surface area contributed by atoms with E-state index in [1.165, 1.54) is 24.3 Å². The molecule has 0 spiro atoms. The van der Waals surface area contributed by atoms with Gasteiger partial charge >= 0.3 is 0 Å². The molecule has 0 atom stereocenters. The van der Waals surface area contributed by atoms with Crippen molar-refractivity contribution in [3.05, 3.63) is 61.6 Å². The predicted octanol–water partition coefficient (Wildman–Crippen LogP) is 5.35. The summed E-state index contributed by atoms with van der Waals surface area (Å²) in [5.74, 6) is 0.561. The van der Waals surface area contributed by atoms with Gasteiger partial charge in [-0.15, -0.1) is 0 Å². The van der Waals surface area contributed by atoms with Crippen LogP contribution in [0, 0.1) is 10.1 Å². The Balaban J connectivity index is 2.36. The molecule has 0 unspecified atom stereocenters. The maximum Gasteiger partial charge on any atom is 0.291 e. The second-order valence-electron chi connectivity index (χ2n) is 3.55. The smallest absolute Gasteiger partial charge is 0.291 e. The number of benzene rings is 2. The highest BCUT2D eigenvalue weighted by molar-refractivity contribution is 6.34. The molecule has 0 N–H and O–H groups in total. The van der Waals surface area contributed by atoms with Crippen molar-refractivity contribution in [3.63, 3.8) is 0 Å². The van der Waals surface area contributed by atoms with Crippen molar-refractivity contribution in [2.45, 2.75) is 0 Å². The van der Waals surface area contributed by atoms with E-state index in [1.54, 1.807) is 12.1 Å². The van der Waals surface area contributed by atoms with Crippen LogP contribution >= 0.6 is 34.8 Å². The average Bonchev–Trinajstić information content (AvgIpc) is 2.36. The van der Waals surface area contributed by atoms with Gasteiger partial charge in [-0.1, -0.05) is 34.8 Å². The van der Waals surface area contributed by atoms with Crippen LogP contribution < -0.4 is 4.74 Å². The number of rotatable bonds is 3. The molecular formula is C12H6Cl3NO3. The first kappa shape index (κ1) is 13.9. The monoisotopic (exact) mass is 317 g/mol. The van der Waals surface area contributed by atoms with Gasteiger partial charge in [-0.25, -0.2) is 0 Å². The van der Waals surface area contributed by atoms with E-state index >= 15 is 0 Å². The number of nitrogens with zero attached hydrogens (tertiary/aromatic N) is 1. The number of ether oxygens (including phenoxy) is 1. The normalized spacial score (nSPS) is 10.3. The molecular weight excluding hydrogens is 312 g/mol. The molecule has 4 nitrogen and oxygen atoms in total. The van der Waals surface area contributed by atoms with E-state index < -0.39 is 4.92 Å². The minimum absolute atomic E-state index is 0.0366. The fourth-order valence-corrected chi connectivity index (χ4v) is 1.88. The van der Waals surface area contributed by atoms with E-state index in [0.29, 0.717) is 15.8 Å². The highest BCUT2D eigenvalue weighted by Gasteiger charge is 2.14. The summed E-state index contributed by atoms with van der Waals surface area (Å²) < 4.78 is 5.46. The summed E-state index contributed by atoms with van der Waals surface area (Å²) in [6.07, 6.45) is 0. The van der Waals surface area contributed by atoms with Crippen molar-refractivity contribution >= 4 is 40.5 Å². The molecule has 0 aliphatic carbocycles. The predicted molar refractivity (Wildman–Crippen MR) is 74.6 cm³/mol. The summed E-state index contributed by atoms with van der Waals surface area (Å²) in [6, 6.07) is 8.81. The Morgan fingerprint density at radius 2 is 1.68 bits per heavy atom. The summed E-state index contributed by atoms with van der Waals surface area (Å²) in [7, 11) is 0. The second kappa shape index (κ2) is 5.65. The number of halogens is 3. The van der Waals surface area contributed by atoms with Crippen LogP contribution in [0.3, 0.4) is 0 Å². The molecule has 0 aromatic heterocycles. The maximum atomic E-state index is 10.8. The topological polar surface area (TPSA) is 52.4 Å². The molecule has 0 fully saturated rings. The molecule has 2 rings (SSSR count). The Hall–Kier alpha value is -1.49. The molecule has 0 heterocycles.